The van der Waals surface area contributed by atoms with Gasteiger partial charge in [-0.15, -0.1) is 0 Å². The second-order valence-corrected chi connectivity index (χ2v) is 7.22. The van der Waals surface area contributed by atoms with Crippen molar-refractivity contribution >= 4 is 11.6 Å². The number of aromatic nitrogens is 2. The van der Waals surface area contributed by atoms with Crippen LogP contribution in [-0.2, 0) is 0 Å². The van der Waals surface area contributed by atoms with Crippen molar-refractivity contribution in [2.24, 2.45) is 0 Å². The minimum absolute atomic E-state index is 0.0111. The molecule has 0 radical (unpaired) electrons. The average Bonchev–Trinajstić information content (AvgIpc) is 2.79. The Bertz CT molecular complexity index is 1060. The second kappa shape index (κ2) is 8.38. The van der Waals surface area contributed by atoms with Gasteiger partial charge in [-0.05, 0) is 19.2 Å². The van der Waals surface area contributed by atoms with Gasteiger partial charge in [0.25, 0.3) is 11.6 Å². The Morgan fingerprint density at radius 1 is 0.967 bits per heavy atom. The Labute approximate surface area is 174 Å². The van der Waals surface area contributed by atoms with Crippen LogP contribution in [0.5, 0.6) is 0 Å². The molecule has 0 aliphatic carbocycles. The van der Waals surface area contributed by atoms with Gasteiger partial charge in [0.1, 0.15) is 0 Å². The first-order chi connectivity index (χ1) is 14.5. The summed E-state index contributed by atoms with van der Waals surface area (Å²) in [7, 11) is 2.03. The zero-order chi connectivity index (χ0) is 21.1. The van der Waals surface area contributed by atoms with Crippen molar-refractivity contribution < 1.29 is 9.72 Å². The standard InChI is InChI=1S/C22H21N5O3/c1-25-11-13-26(14-12-25)22(28)19-15-23-21(17-5-3-2-4-6-17)24-20(19)16-7-9-18(10-8-16)27(29)30/h2-10,15H,11-14H2,1H3. The summed E-state index contributed by atoms with van der Waals surface area (Å²) >= 11 is 0. The van der Waals surface area contributed by atoms with E-state index in [0.29, 0.717) is 35.7 Å². The number of nitro benzene ring substituents is 1. The molecule has 0 N–H and O–H groups in total. The molecule has 8 nitrogen and oxygen atoms in total. The summed E-state index contributed by atoms with van der Waals surface area (Å²) < 4.78 is 0. The van der Waals surface area contributed by atoms with E-state index in [4.69, 9.17) is 0 Å². The van der Waals surface area contributed by atoms with Crippen LogP contribution in [0.2, 0.25) is 0 Å². The number of carbonyl (C=O) groups is 1. The normalized spacial score (nSPS) is 14.5. The zero-order valence-corrected chi connectivity index (χ0v) is 16.6. The number of nitro groups is 1. The van der Waals surface area contributed by atoms with Crippen LogP contribution < -0.4 is 0 Å². The molecule has 1 aromatic heterocycles. The second-order valence-electron chi connectivity index (χ2n) is 7.22. The van der Waals surface area contributed by atoms with Crippen LogP contribution in [0.3, 0.4) is 0 Å². The predicted octanol–water partition coefficient (Wildman–Crippen LogP) is 3.11. The number of benzene rings is 2. The average molecular weight is 403 g/mol. The van der Waals surface area contributed by atoms with Gasteiger partial charge in [0.05, 0.1) is 16.2 Å². The van der Waals surface area contributed by atoms with Crippen LogP contribution in [0.25, 0.3) is 22.6 Å². The Hall–Kier alpha value is -3.65. The van der Waals surface area contributed by atoms with Crippen molar-refractivity contribution in [3.05, 3.63) is 76.5 Å². The molecule has 1 saturated heterocycles. The van der Waals surface area contributed by atoms with E-state index in [1.54, 1.807) is 23.2 Å². The summed E-state index contributed by atoms with van der Waals surface area (Å²) in [4.78, 5) is 36.9. The SMILES string of the molecule is CN1CCN(C(=O)c2cnc(-c3ccccc3)nc2-c2ccc([N+](=O)[O-])cc2)CC1. The van der Waals surface area contributed by atoms with Crippen LogP contribution >= 0.6 is 0 Å². The topological polar surface area (TPSA) is 92.5 Å². The van der Waals surface area contributed by atoms with E-state index in [-0.39, 0.29) is 11.6 Å². The molecule has 30 heavy (non-hydrogen) atoms. The maximum atomic E-state index is 13.2. The first-order valence-corrected chi connectivity index (χ1v) is 9.68. The van der Waals surface area contributed by atoms with Crippen LogP contribution in [0, 0.1) is 10.1 Å². The molecule has 152 valence electrons. The van der Waals surface area contributed by atoms with Gasteiger partial charge in [-0.3, -0.25) is 14.9 Å². The molecular formula is C22H21N5O3. The molecule has 1 aliphatic rings. The van der Waals surface area contributed by atoms with E-state index >= 15 is 0 Å². The quantitative estimate of drug-likeness (QED) is 0.491. The Kier molecular flexibility index (Phi) is 5.49. The fourth-order valence-corrected chi connectivity index (χ4v) is 3.41. The highest BCUT2D eigenvalue weighted by molar-refractivity contribution is 6.00. The lowest BCUT2D eigenvalue weighted by Crippen LogP contribution is -2.47. The van der Waals surface area contributed by atoms with Gasteiger partial charge in [-0.25, -0.2) is 9.97 Å². The van der Waals surface area contributed by atoms with Gasteiger partial charge in [-0.2, -0.15) is 0 Å². The molecule has 0 bridgehead atoms. The summed E-state index contributed by atoms with van der Waals surface area (Å²) in [6.45, 7) is 2.88. The number of hydrogen-bond donors (Lipinski definition) is 0. The first kappa shape index (κ1) is 19.7. The van der Waals surface area contributed by atoms with Gasteiger partial charge in [0, 0.05) is 55.6 Å². The highest BCUT2D eigenvalue weighted by Gasteiger charge is 2.25. The van der Waals surface area contributed by atoms with Crippen LogP contribution in [0.15, 0.2) is 60.8 Å². The predicted molar refractivity (Wildman–Crippen MR) is 113 cm³/mol. The van der Waals surface area contributed by atoms with E-state index in [9.17, 15) is 14.9 Å². The van der Waals surface area contributed by atoms with Crippen molar-refractivity contribution in [1.29, 1.82) is 0 Å². The molecule has 3 aromatic rings. The fraction of sp³-hybridized carbons (Fsp3) is 0.227. The third-order valence-corrected chi connectivity index (χ3v) is 5.19. The van der Waals surface area contributed by atoms with Crippen molar-refractivity contribution in [3.8, 4) is 22.6 Å². The number of hydrogen-bond acceptors (Lipinski definition) is 6. The minimum Gasteiger partial charge on any atom is -0.336 e. The molecule has 1 fully saturated rings. The van der Waals surface area contributed by atoms with Crippen LogP contribution in [0.4, 0.5) is 5.69 Å². The maximum Gasteiger partial charge on any atom is 0.269 e. The number of likely N-dealkylation sites (N-methyl/N-ethyl adjacent to an activating group) is 1. The van der Waals surface area contributed by atoms with E-state index in [0.717, 1.165) is 18.7 Å². The van der Waals surface area contributed by atoms with Crippen molar-refractivity contribution in [2.45, 2.75) is 0 Å². The minimum atomic E-state index is -0.449. The smallest absolute Gasteiger partial charge is 0.269 e. The van der Waals surface area contributed by atoms with Crippen LogP contribution in [-0.4, -0.2) is 63.8 Å². The largest absolute Gasteiger partial charge is 0.336 e. The Balaban J connectivity index is 1.77. The third kappa shape index (κ3) is 4.04. The number of amides is 1. The zero-order valence-electron chi connectivity index (χ0n) is 16.6. The van der Waals surface area contributed by atoms with E-state index < -0.39 is 4.92 Å². The lowest BCUT2D eigenvalue weighted by Gasteiger charge is -2.32. The Morgan fingerprint density at radius 3 is 2.27 bits per heavy atom. The summed E-state index contributed by atoms with van der Waals surface area (Å²) in [5.74, 6) is 0.370. The summed E-state index contributed by atoms with van der Waals surface area (Å²) in [6.07, 6.45) is 1.56. The lowest BCUT2D eigenvalue weighted by molar-refractivity contribution is -0.384. The fourth-order valence-electron chi connectivity index (χ4n) is 3.41. The molecule has 0 atom stereocenters. The van der Waals surface area contributed by atoms with E-state index in [1.807, 2.05) is 37.4 Å². The molecule has 4 rings (SSSR count). The molecule has 8 heteroatoms. The molecule has 0 unspecified atom stereocenters. The number of piperazine rings is 1. The molecule has 0 spiro atoms. The third-order valence-electron chi connectivity index (χ3n) is 5.19. The highest BCUT2D eigenvalue weighted by atomic mass is 16.6. The molecule has 2 heterocycles. The van der Waals surface area contributed by atoms with Crippen molar-refractivity contribution in [2.75, 3.05) is 33.2 Å². The Morgan fingerprint density at radius 2 is 1.63 bits per heavy atom. The van der Waals surface area contributed by atoms with Crippen molar-refractivity contribution in [1.82, 2.24) is 19.8 Å². The maximum absolute atomic E-state index is 13.2. The van der Waals surface area contributed by atoms with Gasteiger partial charge in [0.2, 0.25) is 0 Å². The molecular weight excluding hydrogens is 382 g/mol. The lowest BCUT2D eigenvalue weighted by atomic mass is 10.0. The van der Waals surface area contributed by atoms with E-state index in [1.165, 1.54) is 12.1 Å². The van der Waals surface area contributed by atoms with Crippen LogP contribution in [0.1, 0.15) is 10.4 Å². The summed E-state index contributed by atoms with van der Waals surface area (Å²) in [5, 5.41) is 11.0. The van der Waals surface area contributed by atoms with Gasteiger partial charge in [-0.1, -0.05) is 30.3 Å². The van der Waals surface area contributed by atoms with Crippen molar-refractivity contribution in [3.63, 3.8) is 0 Å². The molecule has 1 aliphatic heterocycles. The number of nitrogens with zero attached hydrogens (tertiary/aromatic N) is 5. The monoisotopic (exact) mass is 403 g/mol. The first-order valence-electron chi connectivity index (χ1n) is 9.68. The molecule has 2 aromatic carbocycles. The van der Waals surface area contributed by atoms with Gasteiger partial charge in [0.15, 0.2) is 5.82 Å². The number of carbonyl (C=O) groups excluding carboxylic acids is 1. The number of rotatable bonds is 4. The molecule has 0 saturated carbocycles. The van der Waals surface area contributed by atoms with Gasteiger partial charge >= 0.3 is 0 Å². The highest BCUT2D eigenvalue weighted by Crippen LogP contribution is 2.27. The summed E-state index contributed by atoms with van der Waals surface area (Å²) in [6, 6.07) is 15.6. The number of non-ortho nitro benzene ring substituents is 1. The van der Waals surface area contributed by atoms with Gasteiger partial charge < -0.3 is 9.80 Å². The molecule has 1 amide bonds. The summed E-state index contributed by atoms with van der Waals surface area (Å²) in [5.41, 5.74) is 2.33. The van der Waals surface area contributed by atoms with E-state index in [2.05, 4.69) is 14.9 Å².